The zero-order valence-corrected chi connectivity index (χ0v) is 15.6. The minimum atomic E-state index is -0.383. The highest BCUT2D eigenvalue weighted by Gasteiger charge is 2.37. The smallest absolute Gasteiger partial charge is 0.294 e. The number of hydrogen-bond donors (Lipinski definition) is 0. The van der Waals surface area contributed by atoms with E-state index in [2.05, 4.69) is 0 Å². The molecule has 2 heterocycles. The number of piperidine rings is 1. The van der Waals surface area contributed by atoms with Crippen molar-refractivity contribution in [3.63, 3.8) is 0 Å². The first-order chi connectivity index (χ1) is 12.5. The van der Waals surface area contributed by atoms with Crippen LogP contribution in [0.2, 0.25) is 0 Å². The summed E-state index contributed by atoms with van der Waals surface area (Å²) in [6.45, 7) is 3.15. The molecule has 3 amide bonds. The molecule has 0 bridgehead atoms. The van der Waals surface area contributed by atoms with Gasteiger partial charge in [-0.25, -0.2) is 0 Å². The Balaban J connectivity index is 1.68. The molecular formula is C20H22N2O3S. The molecular weight excluding hydrogens is 348 g/mol. The van der Waals surface area contributed by atoms with Gasteiger partial charge in [-0.1, -0.05) is 36.4 Å². The number of nitrogens with zero attached hydrogens (tertiary/aromatic N) is 2. The van der Waals surface area contributed by atoms with Gasteiger partial charge < -0.3 is 4.90 Å². The summed E-state index contributed by atoms with van der Waals surface area (Å²) in [6, 6.07) is 9.77. The maximum atomic E-state index is 12.5. The summed E-state index contributed by atoms with van der Waals surface area (Å²) in [5.74, 6) is -0.532. The van der Waals surface area contributed by atoms with Crippen LogP contribution in [0.3, 0.4) is 0 Å². The van der Waals surface area contributed by atoms with E-state index in [-0.39, 0.29) is 23.6 Å². The number of carbonyl (C=O) groups is 3. The molecule has 0 radical (unpaired) electrons. The monoisotopic (exact) mass is 370 g/mol. The second-order valence-electron chi connectivity index (χ2n) is 6.51. The van der Waals surface area contributed by atoms with E-state index in [1.165, 1.54) is 0 Å². The van der Waals surface area contributed by atoms with E-state index in [4.69, 9.17) is 0 Å². The van der Waals surface area contributed by atoms with Crippen LogP contribution in [0.15, 0.2) is 46.9 Å². The fourth-order valence-electron chi connectivity index (χ4n) is 3.08. The van der Waals surface area contributed by atoms with Crippen molar-refractivity contribution in [2.24, 2.45) is 0 Å². The summed E-state index contributed by atoms with van der Waals surface area (Å²) in [4.78, 5) is 40.3. The van der Waals surface area contributed by atoms with Crippen molar-refractivity contribution in [1.29, 1.82) is 0 Å². The number of hydrogen-bond acceptors (Lipinski definition) is 4. The normalized spacial score (nSPS) is 20.2. The van der Waals surface area contributed by atoms with E-state index in [1.807, 2.05) is 43.3 Å². The van der Waals surface area contributed by atoms with Crippen molar-refractivity contribution in [2.45, 2.75) is 26.2 Å². The van der Waals surface area contributed by atoms with Crippen molar-refractivity contribution in [3.05, 3.63) is 52.4 Å². The second-order valence-corrected chi connectivity index (χ2v) is 7.50. The zero-order valence-electron chi connectivity index (χ0n) is 14.8. The molecule has 1 aromatic rings. The third-order valence-electron chi connectivity index (χ3n) is 4.43. The maximum Gasteiger partial charge on any atom is 0.294 e. The average Bonchev–Trinajstić information content (AvgIpc) is 2.90. The van der Waals surface area contributed by atoms with E-state index in [0.717, 1.165) is 47.1 Å². The Morgan fingerprint density at radius 3 is 2.50 bits per heavy atom. The predicted octanol–water partition coefficient (Wildman–Crippen LogP) is 3.68. The summed E-state index contributed by atoms with van der Waals surface area (Å²) < 4.78 is 0. The SMILES string of the molecule is CC(=C\c1ccccc1)/C=C1/SC(=O)N(CC(=O)N2CCCCC2)C1=O. The van der Waals surface area contributed by atoms with Gasteiger partial charge in [0.15, 0.2) is 0 Å². The van der Waals surface area contributed by atoms with E-state index < -0.39 is 0 Å². The lowest BCUT2D eigenvalue weighted by molar-refractivity contribution is -0.136. The lowest BCUT2D eigenvalue weighted by Gasteiger charge is -2.27. The number of thioether (sulfide) groups is 1. The molecule has 2 aliphatic heterocycles. The molecule has 2 aliphatic rings. The Morgan fingerprint density at radius 2 is 1.81 bits per heavy atom. The highest BCUT2D eigenvalue weighted by Crippen LogP contribution is 2.31. The van der Waals surface area contributed by atoms with Crippen LogP contribution in [0.25, 0.3) is 6.08 Å². The molecule has 0 unspecified atom stereocenters. The summed E-state index contributed by atoms with van der Waals surface area (Å²) in [5, 5.41) is -0.376. The maximum absolute atomic E-state index is 12.5. The fourth-order valence-corrected chi connectivity index (χ4v) is 3.96. The van der Waals surface area contributed by atoms with Gasteiger partial charge in [0.25, 0.3) is 11.1 Å². The van der Waals surface area contributed by atoms with Gasteiger partial charge in [-0.15, -0.1) is 0 Å². The first-order valence-corrected chi connectivity index (χ1v) is 9.63. The second kappa shape index (κ2) is 8.36. The summed E-state index contributed by atoms with van der Waals surface area (Å²) in [7, 11) is 0. The number of benzene rings is 1. The molecule has 2 fully saturated rings. The first-order valence-electron chi connectivity index (χ1n) is 8.81. The molecule has 0 saturated carbocycles. The van der Waals surface area contributed by atoms with E-state index in [9.17, 15) is 14.4 Å². The van der Waals surface area contributed by atoms with Crippen LogP contribution in [-0.4, -0.2) is 46.5 Å². The molecule has 0 aliphatic carbocycles. The highest BCUT2D eigenvalue weighted by atomic mass is 32.2. The van der Waals surface area contributed by atoms with Gasteiger partial charge in [0.05, 0.1) is 4.91 Å². The molecule has 26 heavy (non-hydrogen) atoms. The number of carbonyl (C=O) groups excluding carboxylic acids is 3. The van der Waals surface area contributed by atoms with E-state index >= 15 is 0 Å². The molecule has 1 aromatic carbocycles. The molecule has 0 atom stereocenters. The van der Waals surface area contributed by atoms with Crippen LogP contribution in [0.1, 0.15) is 31.7 Å². The van der Waals surface area contributed by atoms with Crippen molar-refractivity contribution >= 4 is 34.9 Å². The van der Waals surface area contributed by atoms with E-state index in [1.54, 1.807) is 11.0 Å². The Hall–Kier alpha value is -2.34. The summed E-state index contributed by atoms with van der Waals surface area (Å²) in [5.41, 5.74) is 1.91. The molecule has 5 nitrogen and oxygen atoms in total. The zero-order chi connectivity index (χ0) is 18.5. The summed E-state index contributed by atoms with van der Waals surface area (Å²) in [6.07, 6.45) is 6.76. The van der Waals surface area contributed by atoms with Crippen molar-refractivity contribution in [2.75, 3.05) is 19.6 Å². The third-order valence-corrected chi connectivity index (χ3v) is 5.34. The van der Waals surface area contributed by atoms with Gasteiger partial charge in [0.2, 0.25) is 5.91 Å². The van der Waals surface area contributed by atoms with Gasteiger partial charge in [-0.2, -0.15) is 0 Å². The van der Waals surface area contributed by atoms with Crippen LogP contribution in [-0.2, 0) is 9.59 Å². The van der Waals surface area contributed by atoms with Gasteiger partial charge in [-0.05, 0) is 55.2 Å². The Labute approximate surface area is 157 Å². The van der Waals surface area contributed by atoms with Crippen molar-refractivity contribution in [1.82, 2.24) is 9.80 Å². The summed E-state index contributed by atoms with van der Waals surface area (Å²) >= 11 is 0.896. The number of likely N-dealkylation sites (tertiary alicyclic amines) is 1. The number of amides is 3. The first kappa shape index (κ1) is 18.5. The molecule has 0 aromatic heterocycles. The molecule has 2 saturated heterocycles. The van der Waals surface area contributed by atoms with E-state index in [0.29, 0.717) is 18.0 Å². The predicted molar refractivity (Wildman–Crippen MR) is 103 cm³/mol. The van der Waals surface area contributed by atoms with Gasteiger partial charge in [-0.3, -0.25) is 19.3 Å². The molecule has 3 rings (SSSR count). The Morgan fingerprint density at radius 1 is 1.12 bits per heavy atom. The van der Waals surface area contributed by atoms with Crippen LogP contribution < -0.4 is 0 Å². The van der Waals surface area contributed by atoms with Crippen LogP contribution >= 0.6 is 11.8 Å². The molecule has 0 N–H and O–H groups in total. The quantitative estimate of drug-likeness (QED) is 0.759. The minimum Gasteiger partial charge on any atom is -0.341 e. The van der Waals surface area contributed by atoms with Crippen molar-refractivity contribution in [3.8, 4) is 0 Å². The van der Waals surface area contributed by atoms with Gasteiger partial charge in [0.1, 0.15) is 6.54 Å². The minimum absolute atomic E-state index is 0.148. The van der Waals surface area contributed by atoms with Crippen LogP contribution in [0.5, 0.6) is 0 Å². The number of allylic oxidation sites excluding steroid dienone is 2. The largest absolute Gasteiger partial charge is 0.341 e. The lowest BCUT2D eigenvalue weighted by atomic mass is 10.1. The standard InChI is InChI=1S/C20H22N2O3S/c1-15(12-16-8-4-2-5-9-16)13-17-19(24)22(20(25)26-17)14-18(23)21-10-6-3-7-11-21/h2,4-5,8-9,12-13H,3,6-7,10-11,14H2,1H3/b15-12+,17-13+. The fraction of sp³-hybridized carbons (Fsp3) is 0.350. The topological polar surface area (TPSA) is 57.7 Å². The number of imide groups is 1. The lowest BCUT2D eigenvalue weighted by Crippen LogP contribution is -2.44. The Bertz CT molecular complexity index is 765. The average molecular weight is 370 g/mol. The molecule has 0 spiro atoms. The van der Waals surface area contributed by atoms with Crippen molar-refractivity contribution < 1.29 is 14.4 Å². The van der Waals surface area contributed by atoms with Gasteiger partial charge >= 0.3 is 0 Å². The number of rotatable bonds is 4. The Kier molecular flexibility index (Phi) is 5.93. The third kappa shape index (κ3) is 4.43. The molecule has 136 valence electrons. The molecule has 6 heteroatoms. The highest BCUT2D eigenvalue weighted by molar-refractivity contribution is 8.18. The van der Waals surface area contributed by atoms with Crippen LogP contribution in [0, 0.1) is 0 Å². The van der Waals surface area contributed by atoms with Crippen LogP contribution in [0.4, 0.5) is 4.79 Å². The van der Waals surface area contributed by atoms with Gasteiger partial charge in [0, 0.05) is 13.1 Å².